The van der Waals surface area contributed by atoms with Crippen molar-refractivity contribution in [2.24, 2.45) is 12.8 Å². The zero-order valence-corrected chi connectivity index (χ0v) is 12.0. The van der Waals surface area contributed by atoms with Gasteiger partial charge in [0.2, 0.25) is 0 Å². The van der Waals surface area contributed by atoms with Crippen molar-refractivity contribution >= 4 is 0 Å². The molecule has 0 fully saturated rings. The van der Waals surface area contributed by atoms with Crippen molar-refractivity contribution in [1.29, 1.82) is 0 Å². The van der Waals surface area contributed by atoms with Crippen molar-refractivity contribution in [3.8, 4) is 16.9 Å². The lowest BCUT2D eigenvalue weighted by molar-refractivity contribution is 0.416. The van der Waals surface area contributed by atoms with Crippen LogP contribution >= 0.6 is 0 Å². The molecule has 19 heavy (non-hydrogen) atoms. The molecule has 1 heterocycles. The summed E-state index contributed by atoms with van der Waals surface area (Å²) in [6, 6.07) is 6.28. The van der Waals surface area contributed by atoms with E-state index in [0.29, 0.717) is 6.54 Å². The summed E-state index contributed by atoms with van der Waals surface area (Å²) >= 11 is 0. The largest absolute Gasteiger partial charge is 0.496 e. The first-order valence-corrected chi connectivity index (χ1v) is 6.52. The van der Waals surface area contributed by atoms with Gasteiger partial charge in [-0.25, -0.2) is 0 Å². The van der Waals surface area contributed by atoms with Gasteiger partial charge in [0.25, 0.3) is 0 Å². The van der Waals surface area contributed by atoms with Gasteiger partial charge in [-0.3, -0.25) is 4.68 Å². The van der Waals surface area contributed by atoms with Crippen LogP contribution in [-0.2, 0) is 20.0 Å². The Bertz CT molecular complexity index is 587. The number of aromatic nitrogens is 2. The van der Waals surface area contributed by atoms with Crippen molar-refractivity contribution < 1.29 is 4.74 Å². The first kappa shape index (κ1) is 13.6. The van der Waals surface area contributed by atoms with Gasteiger partial charge in [-0.2, -0.15) is 5.10 Å². The molecular formula is C15H21N3O. The first-order valence-electron chi connectivity index (χ1n) is 6.52. The van der Waals surface area contributed by atoms with E-state index >= 15 is 0 Å². The summed E-state index contributed by atoms with van der Waals surface area (Å²) in [6.07, 6.45) is 0.994. The van der Waals surface area contributed by atoms with Crippen LogP contribution in [0.4, 0.5) is 0 Å². The van der Waals surface area contributed by atoms with E-state index in [1.165, 1.54) is 5.56 Å². The highest BCUT2D eigenvalue weighted by molar-refractivity contribution is 5.75. The van der Waals surface area contributed by atoms with Crippen molar-refractivity contribution in [3.05, 3.63) is 35.2 Å². The molecule has 0 saturated heterocycles. The number of methoxy groups -OCH3 is 1. The summed E-state index contributed by atoms with van der Waals surface area (Å²) in [6.45, 7) is 4.62. The molecule has 0 bridgehead atoms. The second-order valence-electron chi connectivity index (χ2n) is 4.62. The molecule has 0 aliphatic rings. The summed E-state index contributed by atoms with van der Waals surface area (Å²) in [7, 11) is 3.62. The second kappa shape index (κ2) is 5.45. The van der Waals surface area contributed by atoms with Crippen LogP contribution in [0.15, 0.2) is 18.2 Å². The molecule has 0 aliphatic carbocycles. The number of ether oxygens (including phenoxy) is 1. The van der Waals surface area contributed by atoms with Gasteiger partial charge in [-0.1, -0.05) is 13.0 Å². The number of hydrogen-bond acceptors (Lipinski definition) is 3. The van der Waals surface area contributed by atoms with Gasteiger partial charge in [-0.15, -0.1) is 0 Å². The highest BCUT2D eigenvalue weighted by Gasteiger charge is 2.17. The first-order chi connectivity index (χ1) is 9.12. The monoisotopic (exact) mass is 259 g/mol. The number of rotatable bonds is 4. The molecule has 1 aromatic heterocycles. The summed E-state index contributed by atoms with van der Waals surface area (Å²) in [5.74, 6) is 0.864. The Morgan fingerprint density at radius 1 is 1.37 bits per heavy atom. The van der Waals surface area contributed by atoms with Gasteiger partial charge >= 0.3 is 0 Å². The molecule has 0 spiro atoms. The molecule has 4 heteroatoms. The Kier molecular flexibility index (Phi) is 3.90. The molecule has 0 atom stereocenters. The smallest absolute Gasteiger partial charge is 0.126 e. The number of nitrogens with zero attached hydrogens (tertiary/aromatic N) is 2. The maximum atomic E-state index is 5.86. The van der Waals surface area contributed by atoms with Gasteiger partial charge < -0.3 is 10.5 Å². The summed E-state index contributed by atoms with van der Waals surface area (Å²) in [5, 5.41) is 4.47. The van der Waals surface area contributed by atoms with Gasteiger partial charge in [0.05, 0.1) is 18.5 Å². The third-order valence-electron chi connectivity index (χ3n) is 3.48. The van der Waals surface area contributed by atoms with Crippen LogP contribution < -0.4 is 10.5 Å². The highest BCUT2D eigenvalue weighted by atomic mass is 16.5. The maximum Gasteiger partial charge on any atom is 0.126 e. The van der Waals surface area contributed by atoms with E-state index < -0.39 is 0 Å². The van der Waals surface area contributed by atoms with E-state index in [4.69, 9.17) is 10.5 Å². The van der Waals surface area contributed by atoms with E-state index in [-0.39, 0.29) is 0 Å². The zero-order valence-electron chi connectivity index (χ0n) is 12.0. The Morgan fingerprint density at radius 2 is 2.11 bits per heavy atom. The lowest BCUT2D eigenvalue weighted by Crippen LogP contribution is -2.05. The third-order valence-corrected chi connectivity index (χ3v) is 3.48. The predicted molar refractivity (Wildman–Crippen MR) is 77.2 cm³/mol. The normalized spacial score (nSPS) is 10.8. The van der Waals surface area contributed by atoms with Gasteiger partial charge in [0.15, 0.2) is 0 Å². The number of benzene rings is 1. The van der Waals surface area contributed by atoms with E-state index in [0.717, 1.165) is 34.7 Å². The maximum absolute atomic E-state index is 5.86. The molecule has 0 aliphatic heterocycles. The number of aryl methyl sites for hydroxylation is 3. The zero-order chi connectivity index (χ0) is 14.0. The molecule has 4 nitrogen and oxygen atoms in total. The van der Waals surface area contributed by atoms with Crippen LogP contribution in [0, 0.1) is 6.92 Å². The minimum absolute atomic E-state index is 0.464. The fraction of sp³-hybridized carbons (Fsp3) is 0.400. The topological polar surface area (TPSA) is 53.1 Å². The Labute approximate surface area is 114 Å². The minimum atomic E-state index is 0.464. The molecule has 0 unspecified atom stereocenters. The van der Waals surface area contributed by atoms with Crippen molar-refractivity contribution in [3.63, 3.8) is 0 Å². The average molecular weight is 259 g/mol. The van der Waals surface area contributed by atoms with Gasteiger partial charge in [0, 0.05) is 24.7 Å². The lowest BCUT2D eigenvalue weighted by atomic mass is 9.99. The van der Waals surface area contributed by atoms with E-state index in [1.54, 1.807) is 7.11 Å². The predicted octanol–water partition coefficient (Wildman–Crippen LogP) is 2.43. The van der Waals surface area contributed by atoms with Gasteiger partial charge in [-0.05, 0) is 31.0 Å². The third kappa shape index (κ3) is 2.36. The molecule has 102 valence electrons. The van der Waals surface area contributed by atoms with Crippen LogP contribution in [0.3, 0.4) is 0 Å². The minimum Gasteiger partial charge on any atom is -0.496 e. The molecule has 2 aromatic rings. The summed E-state index contributed by atoms with van der Waals surface area (Å²) in [4.78, 5) is 0. The fourth-order valence-electron chi connectivity index (χ4n) is 2.46. The van der Waals surface area contributed by atoms with Crippen LogP contribution in [-0.4, -0.2) is 16.9 Å². The number of hydrogen-bond donors (Lipinski definition) is 1. The van der Waals surface area contributed by atoms with E-state index in [9.17, 15) is 0 Å². The van der Waals surface area contributed by atoms with Crippen molar-refractivity contribution in [2.45, 2.75) is 26.8 Å². The molecule has 0 radical (unpaired) electrons. The van der Waals surface area contributed by atoms with Crippen molar-refractivity contribution in [1.82, 2.24) is 9.78 Å². The fourth-order valence-corrected chi connectivity index (χ4v) is 2.46. The summed E-state index contributed by atoms with van der Waals surface area (Å²) in [5.41, 5.74) is 11.3. The average Bonchev–Trinajstić information content (AvgIpc) is 2.71. The number of nitrogens with two attached hydrogens (primary N) is 1. The molecular weight excluding hydrogens is 238 g/mol. The molecule has 2 rings (SSSR count). The summed E-state index contributed by atoms with van der Waals surface area (Å²) < 4.78 is 7.34. The second-order valence-corrected chi connectivity index (χ2v) is 4.62. The van der Waals surface area contributed by atoms with Crippen LogP contribution in [0.1, 0.15) is 23.9 Å². The Hall–Kier alpha value is -1.81. The van der Waals surface area contributed by atoms with Crippen LogP contribution in [0.2, 0.25) is 0 Å². The van der Waals surface area contributed by atoms with Crippen molar-refractivity contribution in [2.75, 3.05) is 7.11 Å². The Morgan fingerprint density at radius 3 is 2.68 bits per heavy atom. The van der Waals surface area contributed by atoms with Crippen LogP contribution in [0.25, 0.3) is 11.1 Å². The quantitative estimate of drug-likeness (QED) is 0.917. The van der Waals surface area contributed by atoms with E-state index in [1.807, 2.05) is 24.7 Å². The lowest BCUT2D eigenvalue weighted by Gasteiger charge is -2.11. The Balaban J connectivity index is 2.69. The highest BCUT2D eigenvalue weighted by Crippen LogP contribution is 2.35. The standard InChI is InChI=1S/C15H21N3O/c1-5-11-6-7-14(19-4)12(8-11)15-10(2)17-18(3)13(15)9-16/h6-8H,5,9,16H2,1-4H3. The van der Waals surface area contributed by atoms with Crippen LogP contribution in [0.5, 0.6) is 5.75 Å². The SMILES string of the molecule is CCc1ccc(OC)c(-c2c(C)nn(C)c2CN)c1. The molecule has 0 saturated carbocycles. The molecule has 0 amide bonds. The molecule has 2 N–H and O–H groups in total. The van der Waals surface area contributed by atoms with E-state index in [2.05, 4.69) is 24.2 Å². The van der Waals surface area contributed by atoms with Gasteiger partial charge in [0.1, 0.15) is 5.75 Å². The molecule has 1 aromatic carbocycles.